The molecule has 0 bridgehead atoms. The van der Waals surface area contributed by atoms with E-state index in [1.807, 2.05) is 0 Å². The van der Waals surface area contributed by atoms with Crippen molar-refractivity contribution in [1.29, 1.82) is 0 Å². The molecule has 1 unspecified atom stereocenters. The van der Waals surface area contributed by atoms with E-state index in [1.54, 1.807) is 19.1 Å². The molecule has 0 aliphatic carbocycles. The number of amides is 1. The summed E-state index contributed by atoms with van der Waals surface area (Å²) in [6, 6.07) is 3.43. The maximum atomic E-state index is 12.4. The molecular weight excluding hydrogens is 334 g/mol. The lowest BCUT2D eigenvalue weighted by Crippen LogP contribution is -2.47. The molecule has 8 heteroatoms. The third kappa shape index (κ3) is 3.92. The first-order chi connectivity index (χ1) is 11.2. The number of methoxy groups -OCH3 is 3. The Morgan fingerprint density at radius 1 is 1.17 bits per heavy atom. The molecule has 0 radical (unpaired) electrons. The zero-order valence-electron chi connectivity index (χ0n) is 14.3. The second-order valence-electron chi connectivity index (χ2n) is 6.12. The zero-order valence-corrected chi connectivity index (χ0v) is 15.2. The molecule has 0 saturated carbocycles. The van der Waals surface area contributed by atoms with Crippen LogP contribution in [0.2, 0.25) is 0 Å². The summed E-state index contributed by atoms with van der Waals surface area (Å²) in [4.78, 5) is 12.4. The minimum absolute atomic E-state index is 0.0329. The van der Waals surface area contributed by atoms with E-state index in [9.17, 15) is 13.2 Å². The summed E-state index contributed by atoms with van der Waals surface area (Å²) < 4.78 is 39.1. The van der Waals surface area contributed by atoms with Crippen molar-refractivity contribution in [3.05, 3.63) is 17.7 Å². The highest BCUT2D eigenvalue weighted by atomic mass is 32.2. The Bertz CT molecular complexity index is 730. The van der Waals surface area contributed by atoms with Gasteiger partial charge in [-0.25, -0.2) is 8.42 Å². The summed E-state index contributed by atoms with van der Waals surface area (Å²) in [6.45, 7) is 1.75. The Kier molecular flexibility index (Phi) is 5.27. The first kappa shape index (κ1) is 18.4. The van der Waals surface area contributed by atoms with Crippen LogP contribution in [-0.2, 0) is 21.1 Å². The van der Waals surface area contributed by atoms with Crippen molar-refractivity contribution in [2.45, 2.75) is 25.3 Å². The van der Waals surface area contributed by atoms with E-state index in [-0.39, 0.29) is 23.8 Å². The van der Waals surface area contributed by atoms with Crippen LogP contribution in [0.5, 0.6) is 17.2 Å². The highest BCUT2D eigenvalue weighted by Gasteiger charge is 2.39. The Labute approximate surface area is 142 Å². The van der Waals surface area contributed by atoms with Gasteiger partial charge in [-0.1, -0.05) is 6.07 Å². The summed E-state index contributed by atoms with van der Waals surface area (Å²) in [7, 11) is 1.42. The normalized spacial score (nSPS) is 22.0. The lowest BCUT2D eigenvalue weighted by Gasteiger charge is -2.24. The maximum absolute atomic E-state index is 12.4. The fourth-order valence-electron chi connectivity index (χ4n) is 2.97. The molecule has 1 amide bonds. The average molecular weight is 357 g/mol. The molecule has 1 aliphatic heterocycles. The number of hydrogen-bond donors (Lipinski definition) is 1. The lowest BCUT2D eigenvalue weighted by atomic mass is 10.0. The Hall–Kier alpha value is -1.96. The minimum atomic E-state index is -3.08. The van der Waals surface area contributed by atoms with Gasteiger partial charge in [-0.3, -0.25) is 4.79 Å². The Balaban J connectivity index is 2.17. The van der Waals surface area contributed by atoms with Crippen molar-refractivity contribution in [2.75, 3.05) is 32.8 Å². The Morgan fingerprint density at radius 3 is 2.33 bits per heavy atom. The van der Waals surface area contributed by atoms with Crippen molar-refractivity contribution in [3.8, 4) is 17.2 Å². The van der Waals surface area contributed by atoms with Crippen LogP contribution >= 0.6 is 0 Å². The summed E-state index contributed by atoms with van der Waals surface area (Å²) in [5, 5.41) is 2.83. The largest absolute Gasteiger partial charge is 0.493 e. The van der Waals surface area contributed by atoms with Crippen molar-refractivity contribution < 1.29 is 27.4 Å². The molecule has 1 aromatic carbocycles. The summed E-state index contributed by atoms with van der Waals surface area (Å²) >= 11 is 0. The van der Waals surface area contributed by atoms with E-state index in [4.69, 9.17) is 14.2 Å². The number of rotatable bonds is 6. The van der Waals surface area contributed by atoms with Gasteiger partial charge in [0.25, 0.3) is 0 Å². The molecule has 1 aliphatic rings. The van der Waals surface area contributed by atoms with Gasteiger partial charge in [-0.15, -0.1) is 0 Å². The second kappa shape index (κ2) is 6.88. The number of benzene rings is 1. The summed E-state index contributed by atoms with van der Waals surface area (Å²) in [5.41, 5.74) is -0.0863. The van der Waals surface area contributed by atoms with Crippen molar-refractivity contribution in [2.24, 2.45) is 0 Å². The fraction of sp³-hybridized carbons (Fsp3) is 0.562. The molecule has 0 spiro atoms. The minimum Gasteiger partial charge on any atom is -0.493 e. The van der Waals surface area contributed by atoms with Crippen LogP contribution in [-0.4, -0.2) is 52.7 Å². The van der Waals surface area contributed by atoms with E-state index in [2.05, 4.69) is 5.32 Å². The van der Waals surface area contributed by atoms with Crippen LogP contribution in [0.4, 0.5) is 0 Å². The van der Waals surface area contributed by atoms with Gasteiger partial charge in [0, 0.05) is 5.56 Å². The van der Waals surface area contributed by atoms with Crippen LogP contribution in [0.25, 0.3) is 0 Å². The molecule has 24 heavy (non-hydrogen) atoms. The molecule has 0 aromatic heterocycles. The van der Waals surface area contributed by atoms with Gasteiger partial charge in [0.15, 0.2) is 21.3 Å². The van der Waals surface area contributed by atoms with E-state index >= 15 is 0 Å². The quantitative estimate of drug-likeness (QED) is 0.815. The fourth-order valence-corrected chi connectivity index (χ4v) is 5.06. The SMILES string of the molecule is COc1ccc(CC(=O)NC2(C)CCS(=O)(=O)C2)c(OC)c1OC. The van der Waals surface area contributed by atoms with Gasteiger partial charge in [0.2, 0.25) is 11.7 Å². The van der Waals surface area contributed by atoms with Gasteiger partial charge in [0.1, 0.15) is 0 Å². The molecule has 1 saturated heterocycles. The summed E-state index contributed by atoms with van der Waals surface area (Å²) in [6.07, 6.45) is 0.476. The number of carbonyl (C=O) groups is 1. The van der Waals surface area contributed by atoms with Gasteiger partial charge in [0.05, 0.1) is 44.8 Å². The average Bonchev–Trinajstić information content (AvgIpc) is 2.79. The second-order valence-corrected chi connectivity index (χ2v) is 8.31. The lowest BCUT2D eigenvalue weighted by molar-refractivity contribution is -0.121. The highest BCUT2D eigenvalue weighted by Crippen LogP contribution is 2.40. The van der Waals surface area contributed by atoms with E-state index in [0.717, 1.165) is 0 Å². The molecule has 134 valence electrons. The Morgan fingerprint density at radius 2 is 1.83 bits per heavy atom. The molecule has 1 aromatic rings. The number of ether oxygens (including phenoxy) is 3. The number of sulfone groups is 1. The van der Waals surface area contributed by atoms with Gasteiger partial charge >= 0.3 is 0 Å². The zero-order chi connectivity index (χ0) is 18.0. The van der Waals surface area contributed by atoms with E-state index < -0.39 is 15.4 Å². The first-order valence-corrected chi connectivity index (χ1v) is 9.35. The molecular formula is C16H23NO6S. The molecule has 1 fully saturated rings. The molecule has 1 heterocycles. The van der Waals surface area contributed by atoms with Crippen LogP contribution in [0, 0.1) is 0 Å². The third-order valence-corrected chi connectivity index (χ3v) is 5.98. The smallest absolute Gasteiger partial charge is 0.225 e. The van der Waals surface area contributed by atoms with Crippen molar-refractivity contribution in [1.82, 2.24) is 5.32 Å². The topological polar surface area (TPSA) is 90.9 Å². The molecule has 2 rings (SSSR count). The van der Waals surface area contributed by atoms with Crippen LogP contribution in [0.3, 0.4) is 0 Å². The van der Waals surface area contributed by atoms with E-state index in [0.29, 0.717) is 29.2 Å². The van der Waals surface area contributed by atoms with Gasteiger partial charge in [-0.2, -0.15) is 0 Å². The summed E-state index contributed by atoms with van der Waals surface area (Å²) in [5.74, 6) is 1.15. The predicted octanol–water partition coefficient (Wildman–Crippen LogP) is 0.948. The van der Waals surface area contributed by atoms with Crippen LogP contribution in [0.15, 0.2) is 12.1 Å². The molecule has 7 nitrogen and oxygen atoms in total. The number of hydrogen-bond acceptors (Lipinski definition) is 6. The van der Waals surface area contributed by atoms with Crippen molar-refractivity contribution in [3.63, 3.8) is 0 Å². The molecule has 1 atom stereocenters. The van der Waals surface area contributed by atoms with Gasteiger partial charge < -0.3 is 19.5 Å². The maximum Gasteiger partial charge on any atom is 0.225 e. The first-order valence-electron chi connectivity index (χ1n) is 7.53. The number of carbonyl (C=O) groups excluding carboxylic acids is 1. The molecule has 1 N–H and O–H groups in total. The van der Waals surface area contributed by atoms with Crippen molar-refractivity contribution >= 4 is 15.7 Å². The monoisotopic (exact) mass is 357 g/mol. The third-order valence-electron chi connectivity index (χ3n) is 4.08. The standard InChI is InChI=1S/C16H23NO6S/c1-16(7-8-24(19,20)10-16)17-13(18)9-11-5-6-12(21-2)15(23-4)14(11)22-3/h5-6H,7-10H2,1-4H3,(H,17,18). The van der Waals surface area contributed by atoms with E-state index in [1.165, 1.54) is 21.3 Å². The predicted molar refractivity (Wildman–Crippen MR) is 89.6 cm³/mol. The van der Waals surface area contributed by atoms with Gasteiger partial charge in [-0.05, 0) is 19.4 Å². The van der Waals surface area contributed by atoms with Crippen LogP contribution in [0.1, 0.15) is 18.9 Å². The number of nitrogens with one attached hydrogen (secondary N) is 1. The highest BCUT2D eigenvalue weighted by molar-refractivity contribution is 7.91. The van der Waals surface area contributed by atoms with Crippen LogP contribution < -0.4 is 19.5 Å².